The molecule has 1 N–H and O–H groups in total. The molecule has 1 aliphatic heterocycles. The summed E-state index contributed by atoms with van der Waals surface area (Å²) in [5.74, 6) is 0.136. The summed E-state index contributed by atoms with van der Waals surface area (Å²) in [5, 5.41) is 2.74. The van der Waals surface area contributed by atoms with Crippen LogP contribution < -0.4 is 10.1 Å². The van der Waals surface area contributed by atoms with Gasteiger partial charge in [0.1, 0.15) is 12.4 Å². The number of imide groups is 1. The molecule has 0 unspecified atom stereocenters. The third-order valence-electron chi connectivity index (χ3n) is 3.95. The first kappa shape index (κ1) is 17.6. The summed E-state index contributed by atoms with van der Waals surface area (Å²) in [6, 6.07) is 11.0. The van der Waals surface area contributed by atoms with E-state index >= 15 is 0 Å². The van der Waals surface area contributed by atoms with Crippen LogP contribution >= 0.6 is 0 Å². The quantitative estimate of drug-likeness (QED) is 0.805. The van der Waals surface area contributed by atoms with E-state index in [9.17, 15) is 14.4 Å². The molecule has 2 heterocycles. The van der Waals surface area contributed by atoms with E-state index in [4.69, 9.17) is 4.74 Å². The minimum Gasteiger partial charge on any atom is -0.490 e. The van der Waals surface area contributed by atoms with Crippen molar-refractivity contribution in [1.82, 2.24) is 9.88 Å². The zero-order chi connectivity index (χ0) is 18.5. The predicted molar refractivity (Wildman–Crippen MR) is 95.4 cm³/mol. The smallest absolute Gasteiger partial charge is 0.229 e. The van der Waals surface area contributed by atoms with Gasteiger partial charge in [-0.25, -0.2) is 0 Å². The van der Waals surface area contributed by atoms with Crippen LogP contribution in [-0.4, -0.2) is 40.8 Å². The van der Waals surface area contributed by atoms with Gasteiger partial charge in [0.15, 0.2) is 0 Å². The van der Waals surface area contributed by atoms with E-state index in [1.165, 1.54) is 11.8 Å². The van der Waals surface area contributed by atoms with Gasteiger partial charge in [-0.05, 0) is 24.3 Å². The van der Waals surface area contributed by atoms with Crippen LogP contribution in [0.2, 0.25) is 0 Å². The van der Waals surface area contributed by atoms with Gasteiger partial charge in [0.25, 0.3) is 0 Å². The number of nitrogens with one attached hydrogen (secondary N) is 1. The van der Waals surface area contributed by atoms with E-state index in [1.807, 2.05) is 30.3 Å². The monoisotopic (exact) mass is 353 g/mol. The van der Waals surface area contributed by atoms with Crippen molar-refractivity contribution in [3.05, 3.63) is 42.6 Å². The Kier molecular flexibility index (Phi) is 5.26. The third-order valence-corrected chi connectivity index (χ3v) is 3.95. The number of benzene rings is 1. The summed E-state index contributed by atoms with van der Waals surface area (Å²) in [7, 11) is 0. The first-order valence-corrected chi connectivity index (χ1v) is 8.33. The maximum Gasteiger partial charge on any atom is 0.229 e. The van der Waals surface area contributed by atoms with Crippen LogP contribution in [0.5, 0.6) is 5.75 Å². The van der Waals surface area contributed by atoms with Gasteiger partial charge in [0, 0.05) is 31.0 Å². The van der Waals surface area contributed by atoms with Gasteiger partial charge in [-0.2, -0.15) is 0 Å². The molecule has 2 aromatic rings. The van der Waals surface area contributed by atoms with Gasteiger partial charge >= 0.3 is 0 Å². The van der Waals surface area contributed by atoms with Gasteiger partial charge in [-0.3, -0.25) is 24.3 Å². The molecule has 0 aliphatic carbocycles. The Hall–Kier alpha value is -3.22. The molecule has 0 atom stereocenters. The van der Waals surface area contributed by atoms with Gasteiger partial charge in [0.2, 0.25) is 17.7 Å². The molecule has 7 nitrogen and oxygen atoms in total. The number of aromatic nitrogens is 1. The lowest BCUT2D eigenvalue weighted by Gasteiger charge is -2.14. The maximum absolute atomic E-state index is 11.5. The summed E-state index contributed by atoms with van der Waals surface area (Å²) in [5.41, 5.74) is 2.32. The second-order valence-electron chi connectivity index (χ2n) is 5.93. The Morgan fingerprint density at radius 2 is 1.96 bits per heavy atom. The number of anilines is 1. The average Bonchev–Trinajstić information content (AvgIpc) is 2.94. The third kappa shape index (κ3) is 4.24. The fourth-order valence-electron chi connectivity index (χ4n) is 2.72. The first-order chi connectivity index (χ1) is 12.5. The molecule has 3 rings (SSSR count). The fourth-order valence-corrected chi connectivity index (χ4v) is 2.72. The topological polar surface area (TPSA) is 88.6 Å². The Bertz CT molecular complexity index is 817. The molecule has 1 aromatic heterocycles. The van der Waals surface area contributed by atoms with Crippen molar-refractivity contribution >= 4 is 23.4 Å². The molecule has 1 aromatic carbocycles. The van der Waals surface area contributed by atoms with Crippen molar-refractivity contribution < 1.29 is 19.1 Å². The van der Waals surface area contributed by atoms with Crippen molar-refractivity contribution in [2.45, 2.75) is 19.8 Å². The minimum absolute atomic E-state index is 0.131. The van der Waals surface area contributed by atoms with E-state index < -0.39 is 0 Å². The lowest BCUT2D eigenvalue weighted by atomic mass is 10.1. The van der Waals surface area contributed by atoms with Crippen molar-refractivity contribution in [1.29, 1.82) is 0 Å². The van der Waals surface area contributed by atoms with E-state index in [0.717, 1.165) is 11.3 Å². The number of likely N-dealkylation sites (tertiary alicyclic amines) is 1. The Balaban J connectivity index is 1.59. The van der Waals surface area contributed by atoms with Crippen LogP contribution in [0.25, 0.3) is 11.3 Å². The SMILES string of the molecule is CC(=O)Nc1cccc(-c2ccc(OCCN3C(=O)CCC3=O)cn2)c1. The molecule has 0 spiro atoms. The lowest BCUT2D eigenvalue weighted by molar-refractivity contribution is -0.138. The Morgan fingerprint density at radius 3 is 2.62 bits per heavy atom. The van der Waals surface area contributed by atoms with E-state index in [0.29, 0.717) is 11.4 Å². The maximum atomic E-state index is 11.5. The molecule has 7 heteroatoms. The van der Waals surface area contributed by atoms with Crippen molar-refractivity contribution in [2.24, 2.45) is 0 Å². The zero-order valence-electron chi connectivity index (χ0n) is 14.4. The number of carbonyl (C=O) groups is 3. The normalized spacial score (nSPS) is 13.8. The van der Waals surface area contributed by atoms with Crippen molar-refractivity contribution in [3.63, 3.8) is 0 Å². The average molecular weight is 353 g/mol. The summed E-state index contributed by atoms with van der Waals surface area (Å²) in [6.07, 6.45) is 2.16. The molecule has 3 amide bonds. The van der Waals surface area contributed by atoms with Crippen molar-refractivity contribution in [2.75, 3.05) is 18.5 Å². The van der Waals surface area contributed by atoms with E-state index in [2.05, 4.69) is 10.3 Å². The molecule has 1 saturated heterocycles. The predicted octanol–water partition coefficient (Wildman–Crippen LogP) is 2.23. The molecular formula is C19H19N3O4. The van der Waals surface area contributed by atoms with E-state index in [1.54, 1.807) is 12.3 Å². The number of hydrogen-bond donors (Lipinski definition) is 1. The lowest BCUT2D eigenvalue weighted by Crippen LogP contribution is -2.33. The number of amides is 3. The molecule has 134 valence electrons. The molecule has 0 bridgehead atoms. The summed E-state index contributed by atoms with van der Waals surface area (Å²) in [6.45, 7) is 1.94. The largest absolute Gasteiger partial charge is 0.490 e. The summed E-state index contributed by atoms with van der Waals surface area (Å²) in [4.78, 5) is 39.8. The number of carbonyl (C=O) groups excluding carboxylic acids is 3. The minimum atomic E-state index is -0.147. The van der Waals surface area contributed by atoms with Crippen LogP contribution in [0.3, 0.4) is 0 Å². The van der Waals surface area contributed by atoms with Gasteiger partial charge in [-0.1, -0.05) is 12.1 Å². The highest BCUT2D eigenvalue weighted by molar-refractivity contribution is 6.01. The highest BCUT2D eigenvalue weighted by Crippen LogP contribution is 2.22. The van der Waals surface area contributed by atoms with Crippen LogP contribution in [0.1, 0.15) is 19.8 Å². The second-order valence-corrected chi connectivity index (χ2v) is 5.93. The van der Waals surface area contributed by atoms with Crippen LogP contribution in [-0.2, 0) is 14.4 Å². The summed E-state index contributed by atoms with van der Waals surface area (Å²) >= 11 is 0. The number of rotatable bonds is 6. The number of pyridine rings is 1. The van der Waals surface area contributed by atoms with Gasteiger partial charge in [0.05, 0.1) is 18.4 Å². The fraction of sp³-hybridized carbons (Fsp3) is 0.263. The zero-order valence-corrected chi connectivity index (χ0v) is 14.4. The van der Waals surface area contributed by atoms with Crippen LogP contribution in [0.4, 0.5) is 5.69 Å². The first-order valence-electron chi connectivity index (χ1n) is 8.33. The van der Waals surface area contributed by atoms with Gasteiger partial charge < -0.3 is 10.1 Å². The molecule has 26 heavy (non-hydrogen) atoms. The Morgan fingerprint density at radius 1 is 1.19 bits per heavy atom. The highest BCUT2D eigenvalue weighted by Gasteiger charge is 2.28. The van der Waals surface area contributed by atoms with Gasteiger partial charge in [-0.15, -0.1) is 0 Å². The summed E-state index contributed by atoms with van der Waals surface area (Å²) < 4.78 is 5.57. The van der Waals surface area contributed by atoms with Crippen LogP contribution in [0.15, 0.2) is 42.6 Å². The highest BCUT2D eigenvalue weighted by atomic mass is 16.5. The number of hydrogen-bond acceptors (Lipinski definition) is 5. The van der Waals surface area contributed by atoms with Crippen molar-refractivity contribution in [3.8, 4) is 17.0 Å². The van der Waals surface area contributed by atoms with Crippen LogP contribution in [0, 0.1) is 0 Å². The number of nitrogens with zero attached hydrogens (tertiary/aromatic N) is 2. The second kappa shape index (κ2) is 7.77. The molecule has 1 aliphatic rings. The molecule has 0 saturated carbocycles. The molecule has 0 radical (unpaired) electrons. The molecular weight excluding hydrogens is 334 g/mol. The number of ether oxygens (including phenoxy) is 1. The van der Waals surface area contributed by atoms with E-state index in [-0.39, 0.29) is 43.7 Å². The standard InChI is InChI=1S/C19H19N3O4/c1-13(23)21-15-4-2-3-14(11-15)17-6-5-16(12-20-17)26-10-9-22-18(24)7-8-19(22)25/h2-6,11-12H,7-10H2,1H3,(H,21,23). The molecule has 1 fully saturated rings. The Labute approximate surface area is 151 Å².